The van der Waals surface area contributed by atoms with Crippen molar-refractivity contribution in [3.63, 3.8) is 0 Å². The molecule has 1 fully saturated rings. The van der Waals surface area contributed by atoms with Gasteiger partial charge in [-0.2, -0.15) is 18.2 Å². The van der Waals surface area contributed by atoms with Gasteiger partial charge in [0.2, 0.25) is 5.96 Å². The Morgan fingerprint density at radius 1 is 1.06 bits per heavy atom. The Morgan fingerprint density at radius 2 is 1.84 bits per heavy atom. The zero-order valence-corrected chi connectivity index (χ0v) is 16.7. The molecule has 2 aliphatic heterocycles. The van der Waals surface area contributed by atoms with Crippen LogP contribution in [0.5, 0.6) is 0 Å². The van der Waals surface area contributed by atoms with Gasteiger partial charge in [0, 0.05) is 32.4 Å². The van der Waals surface area contributed by atoms with Crippen LogP contribution in [0.15, 0.2) is 58.7 Å². The highest BCUT2D eigenvalue weighted by Gasteiger charge is 2.35. The third kappa shape index (κ3) is 3.49. The van der Waals surface area contributed by atoms with E-state index in [1.54, 1.807) is 24.3 Å². The number of rotatable bonds is 1. The molecule has 11 heteroatoms. The number of guanidine groups is 1. The smallest absolute Gasteiger partial charge is 0.337 e. The lowest BCUT2D eigenvalue weighted by molar-refractivity contribution is -0.142. The van der Waals surface area contributed by atoms with Gasteiger partial charge in [-0.05, 0) is 18.2 Å². The molecule has 0 bridgehead atoms. The monoisotopic (exact) mass is 442 g/mol. The summed E-state index contributed by atoms with van der Waals surface area (Å²) in [6, 6.07) is 3.62. The molecule has 4 heterocycles. The van der Waals surface area contributed by atoms with Gasteiger partial charge in [0.1, 0.15) is 23.0 Å². The first-order valence-corrected chi connectivity index (χ1v) is 9.97. The van der Waals surface area contributed by atoms with Crippen LogP contribution in [0.3, 0.4) is 0 Å². The van der Waals surface area contributed by atoms with Gasteiger partial charge in [-0.15, -0.1) is 0 Å². The van der Waals surface area contributed by atoms with Gasteiger partial charge < -0.3 is 9.80 Å². The van der Waals surface area contributed by atoms with Crippen LogP contribution in [-0.4, -0.2) is 68.8 Å². The van der Waals surface area contributed by atoms with Gasteiger partial charge in [-0.25, -0.2) is 9.98 Å². The van der Waals surface area contributed by atoms with E-state index >= 15 is 0 Å². The summed E-state index contributed by atoms with van der Waals surface area (Å²) in [5.41, 5.74) is -0.263. The number of piperazine rings is 1. The third-order valence-electron chi connectivity index (χ3n) is 5.56. The first kappa shape index (κ1) is 20.2. The largest absolute Gasteiger partial charge is 0.431 e. The average Bonchev–Trinajstić information content (AvgIpc) is 3.22. The van der Waals surface area contributed by atoms with Crippen LogP contribution < -0.4 is 0 Å². The number of halogens is 3. The van der Waals surface area contributed by atoms with Crippen LogP contribution in [0.1, 0.15) is 16.2 Å². The van der Waals surface area contributed by atoms with Crippen molar-refractivity contribution in [3.05, 3.63) is 60.1 Å². The van der Waals surface area contributed by atoms with Crippen LogP contribution in [-0.2, 0) is 11.0 Å². The first-order chi connectivity index (χ1) is 15.3. The maximum Gasteiger partial charge on any atom is 0.431 e. The van der Waals surface area contributed by atoms with Crippen LogP contribution >= 0.6 is 0 Å². The Balaban J connectivity index is 1.30. The van der Waals surface area contributed by atoms with Crippen molar-refractivity contribution in [1.82, 2.24) is 19.2 Å². The molecule has 3 aliphatic rings. The fraction of sp³-hybridized carbons (Fsp3) is 0.286. The Kier molecular flexibility index (Phi) is 4.68. The molecule has 2 amide bonds. The fourth-order valence-electron chi connectivity index (χ4n) is 3.91. The molecule has 1 aliphatic carbocycles. The molecule has 2 aromatic heterocycles. The molecule has 1 saturated heterocycles. The van der Waals surface area contributed by atoms with E-state index in [1.165, 1.54) is 17.0 Å². The number of imidazole rings is 1. The summed E-state index contributed by atoms with van der Waals surface area (Å²) in [6.45, 7) is 1.38. The Labute approximate surface area is 180 Å². The molecule has 1 unspecified atom stereocenters. The number of aliphatic imine (C=N–C) groups is 2. The highest BCUT2D eigenvalue weighted by molar-refractivity contribution is 6.21. The summed E-state index contributed by atoms with van der Waals surface area (Å²) in [4.78, 5) is 41.1. The average molecular weight is 442 g/mol. The SMILES string of the molecule is O=C1N=C(N2CCN(C(=O)c3cn4c(C(F)(F)F)cccc4n3)CC2)N=C2C=CC=CC12. The van der Waals surface area contributed by atoms with Crippen molar-refractivity contribution >= 4 is 29.1 Å². The minimum absolute atomic E-state index is 0.0526. The number of hydrogen-bond donors (Lipinski definition) is 0. The number of nitrogens with zero attached hydrogens (tertiary/aromatic N) is 6. The summed E-state index contributed by atoms with van der Waals surface area (Å²) >= 11 is 0. The van der Waals surface area contributed by atoms with E-state index in [9.17, 15) is 22.8 Å². The molecule has 0 saturated carbocycles. The Morgan fingerprint density at radius 3 is 2.59 bits per heavy atom. The van der Waals surface area contributed by atoms with Crippen molar-refractivity contribution in [3.8, 4) is 0 Å². The van der Waals surface area contributed by atoms with E-state index in [4.69, 9.17) is 0 Å². The summed E-state index contributed by atoms with van der Waals surface area (Å²) < 4.78 is 40.6. The third-order valence-corrected chi connectivity index (χ3v) is 5.56. The lowest BCUT2D eigenvalue weighted by Gasteiger charge is -2.35. The Bertz CT molecular complexity index is 1230. The summed E-state index contributed by atoms with van der Waals surface area (Å²) in [5.74, 6) is -0.872. The second-order valence-electron chi connectivity index (χ2n) is 7.55. The highest BCUT2D eigenvalue weighted by atomic mass is 19.4. The Hall–Kier alpha value is -3.76. The molecule has 5 rings (SSSR count). The number of allylic oxidation sites excluding steroid dienone is 3. The molecule has 2 aromatic rings. The maximum atomic E-state index is 13.2. The second-order valence-corrected chi connectivity index (χ2v) is 7.55. The maximum absolute atomic E-state index is 13.2. The van der Waals surface area contributed by atoms with Gasteiger partial charge in [0.05, 0.1) is 5.71 Å². The molecule has 1 atom stereocenters. The molecule has 164 valence electrons. The van der Waals surface area contributed by atoms with Crippen LogP contribution in [0, 0.1) is 5.92 Å². The van der Waals surface area contributed by atoms with Crippen molar-refractivity contribution < 1.29 is 22.8 Å². The van der Waals surface area contributed by atoms with Crippen LogP contribution in [0.25, 0.3) is 5.65 Å². The van der Waals surface area contributed by atoms with Crippen molar-refractivity contribution in [2.24, 2.45) is 15.9 Å². The van der Waals surface area contributed by atoms with Gasteiger partial charge in [0.25, 0.3) is 11.8 Å². The minimum atomic E-state index is -4.56. The number of pyridine rings is 1. The van der Waals surface area contributed by atoms with Gasteiger partial charge >= 0.3 is 6.18 Å². The molecular weight excluding hydrogens is 425 g/mol. The lowest BCUT2D eigenvalue weighted by Crippen LogP contribution is -2.51. The number of hydrogen-bond acceptors (Lipinski definition) is 5. The standard InChI is InChI=1S/C21H17F3N6O2/c22-21(23,24)16-6-3-7-17-25-15(12-30(16)17)19(32)28-8-10-29(11-9-28)20-26-14-5-2-1-4-13(14)18(31)27-20/h1-7,12-13H,8-11H2. The van der Waals surface area contributed by atoms with Crippen molar-refractivity contribution in [1.29, 1.82) is 0 Å². The predicted octanol–water partition coefficient (Wildman–Crippen LogP) is 2.19. The number of amides is 2. The molecular formula is C21H17F3N6O2. The van der Waals surface area contributed by atoms with Gasteiger partial charge in [0.15, 0.2) is 0 Å². The lowest BCUT2D eigenvalue weighted by atomic mass is 9.97. The van der Waals surface area contributed by atoms with Crippen molar-refractivity contribution in [2.75, 3.05) is 26.2 Å². The minimum Gasteiger partial charge on any atom is -0.337 e. The predicted molar refractivity (Wildman–Crippen MR) is 109 cm³/mol. The second kappa shape index (κ2) is 7.43. The molecule has 0 spiro atoms. The summed E-state index contributed by atoms with van der Waals surface area (Å²) in [5, 5.41) is 0. The van der Waals surface area contributed by atoms with E-state index in [0.717, 1.165) is 16.7 Å². The number of alkyl halides is 3. The van der Waals surface area contributed by atoms with Crippen molar-refractivity contribution in [2.45, 2.75) is 6.18 Å². The molecule has 8 nitrogen and oxygen atoms in total. The van der Waals surface area contributed by atoms with E-state index in [2.05, 4.69) is 15.0 Å². The highest BCUT2D eigenvalue weighted by Crippen LogP contribution is 2.30. The van der Waals surface area contributed by atoms with Crippen LogP contribution in [0.4, 0.5) is 13.2 Å². The van der Waals surface area contributed by atoms with E-state index in [-0.39, 0.29) is 17.2 Å². The fourth-order valence-corrected chi connectivity index (χ4v) is 3.91. The number of aromatic nitrogens is 2. The van der Waals surface area contributed by atoms with E-state index < -0.39 is 23.7 Å². The zero-order valence-electron chi connectivity index (χ0n) is 16.7. The summed E-state index contributed by atoms with van der Waals surface area (Å²) in [6.07, 6.45) is 3.66. The number of fused-ring (bicyclic) bond motifs is 2. The number of carbonyl (C=O) groups excluding carboxylic acids is 2. The zero-order chi connectivity index (χ0) is 22.5. The molecule has 0 N–H and O–H groups in total. The van der Waals surface area contributed by atoms with Gasteiger partial charge in [-0.1, -0.05) is 24.3 Å². The van der Waals surface area contributed by atoms with Crippen LogP contribution in [0.2, 0.25) is 0 Å². The summed E-state index contributed by atoms with van der Waals surface area (Å²) in [7, 11) is 0. The molecule has 32 heavy (non-hydrogen) atoms. The molecule has 0 radical (unpaired) electrons. The normalized spacial score (nSPS) is 21.0. The topological polar surface area (TPSA) is 82.6 Å². The van der Waals surface area contributed by atoms with E-state index in [0.29, 0.717) is 37.9 Å². The van der Waals surface area contributed by atoms with E-state index in [1.807, 2.05) is 4.90 Å². The molecule has 0 aromatic carbocycles. The van der Waals surface area contributed by atoms with Gasteiger partial charge in [-0.3, -0.25) is 14.0 Å². The number of carbonyl (C=O) groups is 2. The quantitative estimate of drug-likeness (QED) is 0.678. The first-order valence-electron chi connectivity index (χ1n) is 9.97.